The van der Waals surface area contributed by atoms with Crippen molar-refractivity contribution in [3.05, 3.63) is 0 Å². The molecule has 0 aromatic carbocycles. The fraction of sp³-hybridized carbons (Fsp3) is 0.895. The Hall–Kier alpha value is -1.14. The first kappa shape index (κ1) is 21.9. The quantitative estimate of drug-likeness (QED) is 0.702. The van der Waals surface area contributed by atoms with Crippen LogP contribution in [0.25, 0.3) is 0 Å². The maximum absolute atomic E-state index is 12.9. The van der Waals surface area contributed by atoms with Gasteiger partial charge in [0, 0.05) is 23.9 Å². The summed E-state index contributed by atoms with van der Waals surface area (Å²) >= 11 is 0. The van der Waals surface area contributed by atoms with Crippen LogP contribution in [0.1, 0.15) is 81.1 Å². The fourth-order valence-corrected chi connectivity index (χ4v) is 3.95. The molecule has 1 fully saturated rings. The first-order valence-electron chi connectivity index (χ1n) is 9.01. The third-order valence-corrected chi connectivity index (χ3v) is 5.56. The average Bonchev–Trinajstić information content (AvgIpc) is 2.43. The normalized spacial score (nSPS) is 23.7. The van der Waals surface area contributed by atoms with E-state index < -0.39 is 27.9 Å². The van der Waals surface area contributed by atoms with Crippen LogP contribution in [-0.4, -0.2) is 44.5 Å². The Morgan fingerprint density at radius 3 is 1.92 bits per heavy atom. The van der Waals surface area contributed by atoms with E-state index in [1.165, 1.54) is 5.06 Å². The smallest absolute Gasteiger partial charge is 0.312 e. The van der Waals surface area contributed by atoms with Gasteiger partial charge in [0.2, 0.25) is 0 Å². The van der Waals surface area contributed by atoms with E-state index in [9.17, 15) is 19.9 Å². The Labute approximate surface area is 151 Å². The Kier molecular flexibility index (Phi) is 6.02. The lowest BCUT2D eigenvalue weighted by Gasteiger charge is -2.51. The molecule has 1 unspecified atom stereocenters. The first-order chi connectivity index (χ1) is 11.1. The van der Waals surface area contributed by atoms with Gasteiger partial charge in [0.05, 0.1) is 10.8 Å². The van der Waals surface area contributed by atoms with Crippen molar-refractivity contribution < 1.29 is 24.6 Å². The van der Waals surface area contributed by atoms with Gasteiger partial charge < -0.3 is 15.1 Å². The van der Waals surface area contributed by atoms with Crippen molar-refractivity contribution in [3.8, 4) is 0 Å². The molecule has 1 heterocycles. The van der Waals surface area contributed by atoms with Crippen molar-refractivity contribution >= 4 is 11.9 Å². The van der Waals surface area contributed by atoms with Gasteiger partial charge in [-0.3, -0.25) is 9.59 Å². The van der Waals surface area contributed by atoms with Crippen molar-refractivity contribution in [2.24, 2.45) is 10.8 Å². The minimum absolute atomic E-state index is 0.219. The molecule has 0 spiro atoms. The number of ether oxygens (including phenoxy) is 1. The molecule has 1 aliphatic rings. The molecule has 6 nitrogen and oxygen atoms in total. The van der Waals surface area contributed by atoms with Crippen LogP contribution in [0, 0.1) is 10.8 Å². The summed E-state index contributed by atoms with van der Waals surface area (Å²) in [7, 11) is 0. The molecule has 1 aliphatic heterocycles. The minimum atomic E-state index is -1.00. The van der Waals surface area contributed by atoms with Gasteiger partial charge in [-0.15, -0.1) is 0 Å². The summed E-state index contributed by atoms with van der Waals surface area (Å²) in [5.74, 6) is -1.27. The summed E-state index contributed by atoms with van der Waals surface area (Å²) in [6, 6.07) is 0. The number of carbonyl (C=O) groups is 2. The molecule has 1 rings (SSSR count). The predicted octanol–water partition coefficient (Wildman–Crippen LogP) is 3.86. The standard InChI is InChI=1S/C19H35NO5/c1-9-19(8,12-16(2,3)14(21)22)15(23)25-13-10-17(4,5)20(24)18(6,7)11-13/h13,24H,9-12H2,1-8H3,(H,21,22). The van der Waals surface area contributed by atoms with E-state index in [1.54, 1.807) is 20.8 Å². The zero-order chi connectivity index (χ0) is 19.8. The molecule has 0 aromatic heterocycles. The van der Waals surface area contributed by atoms with Gasteiger partial charge in [0.15, 0.2) is 0 Å². The van der Waals surface area contributed by atoms with Crippen molar-refractivity contribution in [1.29, 1.82) is 0 Å². The second kappa shape index (κ2) is 6.88. The monoisotopic (exact) mass is 357 g/mol. The van der Waals surface area contributed by atoms with Crippen molar-refractivity contribution in [1.82, 2.24) is 5.06 Å². The molecular formula is C19H35NO5. The average molecular weight is 357 g/mol. The SMILES string of the molecule is CCC(C)(CC(C)(C)C(=O)O)C(=O)OC1CC(C)(C)N(O)C(C)(C)C1. The zero-order valence-electron chi connectivity index (χ0n) is 17.0. The van der Waals surface area contributed by atoms with Crippen LogP contribution in [0.4, 0.5) is 0 Å². The van der Waals surface area contributed by atoms with E-state index in [-0.39, 0.29) is 18.5 Å². The first-order valence-corrected chi connectivity index (χ1v) is 9.01. The second-order valence-corrected chi connectivity index (χ2v) is 9.65. The van der Waals surface area contributed by atoms with E-state index in [2.05, 4.69) is 0 Å². The highest BCUT2D eigenvalue weighted by molar-refractivity contribution is 5.79. The fourth-order valence-electron chi connectivity index (χ4n) is 3.95. The summed E-state index contributed by atoms with van der Waals surface area (Å²) in [6.45, 7) is 14.6. The number of carboxylic acid groups (broad SMARTS) is 1. The zero-order valence-corrected chi connectivity index (χ0v) is 17.0. The summed E-state index contributed by atoms with van der Waals surface area (Å²) in [5.41, 5.74) is -2.87. The highest BCUT2D eigenvalue weighted by Gasteiger charge is 2.48. The van der Waals surface area contributed by atoms with E-state index in [0.717, 1.165) is 0 Å². The second-order valence-electron chi connectivity index (χ2n) is 9.65. The number of hydrogen-bond donors (Lipinski definition) is 2. The van der Waals surface area contributed by atoms with Crippen LogP contribution in [0.5, 0.6) is 0 Å². The van der Waals surface area contributed by atoms with Crippen LogP contribution in [0.15, 0.2) is 0 Å². The molecule has 6 heteroatoms. The van der Waals surface area contributed by atoms with Gasteiger partial charge in [0.1, 0.15) is 6.10 Å². The minimum Gasteiger partial charge on any atom is -0.481 e. The third-order valence-electron chi connectivity index (χ3n) is 5.56. The maximum atomic E-state index is 12.9. The molecular weight excluding hydrogens is 322 g/mol. The lowest BCUT2D eigenvalue weighted by atomic mass is 9.72. The number of esters is 1. The van der Waals surface area contributed by atoms with Gasteiger partial charge >= 0.3 is 11.9 Å². The number of carbonyl (C=O) groups excluding carboxylic acids is 1. The van der Waals surface area contributed by atoms with Gasteiger partial charge in [-0.05, 0) is 61.3 Å². The Morgan fingerprint density at radius 2 is 1.56 bits per heavy atom. The summed E-state index contributed by atoms with van der Waals surface area (Å²) in [6.07, 6.45) is 1.48. The van der Waals surface area contributed by atoms with Crippen LogP contribution in [0.2, 0.25) is 0 Å². The number of hydrogen-bond acceptors (Lipinski definition) is 5. The third kappa shape index (κ3) is 4.73. The van der Waals surface area contributed by atoms with Gasteiger partial charge in [0.25, 0.3) is 0 Å². The molecule has 25 heavy (non-hydrogen) atoms. The molecule has 0 saturated carbocycles. The molecule has 0 aromatic rings. The van der Waals surface area contributed by atoms with Gasteiger partial charge in [-0.25, -0.2) is 0 Å². The van der Waals surface area contributed by atoms with E-state index in [4.69, 9.17) is 4.74 Å². The highest BCUT2D eigenvalue weighted by Crippen LogP contribution is 2.41. The van der Waals surface area contributed by atoms with Crippen molar-refractivity contribution in [3.63, 3.8) is 0 Å². The number of hydroxylamine groups is 2. The van der Waals surface area contributed by atoms with E-state index >= 15 is 0 Å². The predicted molar refractivity (Wildman–Crippen MR) is 95.3 cm³/mol. The molecule has 2 N–H and O–H groups in total. The van der Waals surface area contributed by atoms with Gasteiger partial charge in [-0.1, -0.05) is 6.92 Å². The molecule has 0 radical (unpaired) electrons. The molecule has 0 bridgehead atoms. The molecule has 1 atom stereocenters. The van der Waals surface area contributed by atoms with E-state index in [1.807, 2.05) is 34.6 Å². The largest absolute Gasteiger partial charge is 0.481 e. The van der Waals surface area contributed by atoms with E-state index in [0.29, 0.717) is 19.3 Å². The molecule has 0 aliphatic carbocycles. The number of aliphatic carboxylic acids is 1. The topological polar surface area (TPSA) is 87.1 Å². The molecule has 0 amide bonds. The number of nitrogens with zero attached hydrogens (tertiary/aromatic N) is 1. The maximum Gasteiger partial charge on any atom is 0.312 e. The van der Waals surface area contributed by atoms with Crippen LogP contribution < -0.4 is 0 Å². The number of carboxylic acids is 1. The summed E-state index contributed by atoms with van der Waals surface area (Å²) < 4.78 is 5.82. The van der Waals surface area contributed by atoms with Crippen LogP contribution in [-0.2, 0) is 14.3 Å². The van der Waals surface area contributed by atoms with Gasteiger partial charge in [-0.2, -0.15) is 5.06 Å². The molecule has 146 valence electrons. The lowest BCUT2D eigenvalue weighted by Crippen LogP contribution is -2.61. The Morgan fingerprint density at radius 1 is 1.12 bits per heavy atom. The number of rotatable bonds is 6. The Balaban J connectivity index is 2.94. The summed E-state index contributed by atoms with van der Waals surface area (Å²) in [5, 5.41) is 21.1. The number of piperidine rings is 1. The lowest BCUT2D eigenvalue weighted by molar-refractivity contribution is -0.260. The molecule has 1 saturated heterocycles. The highest BCUT2D eigenvalue weighted by atomic mass is 16.5. The summed E-state index contributed by atoms with van der Waals surface area (Å²) in [4.78, 5) is 24.3. The van der Waals surface area contributed by atoms with Crippen molar-refractivity contribution in [2.45, 2.75) is 98.3 Å². The van der Waals surface area contributed by atoms with Crippen molar-refractivity contribution in [2.75, 3.05) is 0 Å². The van der Waals surface area contributed by atoms with Crippen LogP contribution >= 0.6 is 0 Å². The Bertz CT molecular complexity index is 508. The van der Waals surface area contributed by atoms with Crippen LogP contribution in [0.3, 0.4) is 0 Å².